The molecule has 1 heterocycles. The number of piperazine rings is 1. The van der Waals surface area contributed by atoms with E-state index in [1.165, 1.54) is 12.1 Å². The van der Waals surface area contributed by atoms with Crippen molar-refractivity contribution in [1.82, 2.24) is 4.90 Å². The summed E-state index contributed by atoms with van der Waals surface area (Å²) in [6, 6.07) is 11.4. The van der Waals surface area contributed by atoms with Gasteiger partial charge in [0.2, 0.25) is 5.91 Å². The van der Waals surface area contributed by atoms with Crippen LogP contribution >= 0.6 is 0 Å². The Kier molecular flexibility index (Phi) is 6.20. The van der Waals surface area contributed by atoms with Crippen LogP contribution in [0.1, 0.15) is 12.0 Å². The maximum atomic E-state index is 13.9. The lowest BCUT2D eigenvalue weighted by atomic mass is 10.1. The summed E-state index contributed by atoms with van der Waals surface area (Å²) >= 11 is 0. The van der Waals surface area contributed by atoms with E-state index in [2.05, 4.69) is 10.2 Å². The molecule has 0 bridgehead atoms. The highest BCUT2D eigenvalue weighted by Crippen LogP contribution is 2.25. The van der Waals surface area contributed by atoms with Gasteiger partial charge in [-0.15, -0.1) is 0 Å². The number of nitro benzene ring substituents is 1. The highest BCUT2D eigenvalue weighted by molar-refractivity contribution is 5.92. The Balaban J connectivity index is 1.48. The first-order chi connectivity index (χ1) is 13.5. The van der Waals surface area contributed by atoms with Crippen LogP contribution < -0.4 is 10.2 Å². The van der Waals surface area contributed by atoms with Crippen molar-refractivity contribution in [3.8, 4) is 0 Å². The molecule has 0 atom stereocenters. The second-order valence-corrected chi connectivity index (χ2v) is 6.79. The van der Waals surface area contributed by atoms with Crippen LogP contribution in [-0.2, 0) is 4.79 Å². The molecule has 8 heteroatoms. The number of nitro groups is 1. The van der Waals surface area contributed by atoms with E-state index in [4.69, 9.17) is 0 Å². The molecular formula is C20H23FN4O3. The highest BCUT2D eigenvalue weighted by Gasteiger charge is 2.20. The SMILES string of the molecule is Cc1c(NC(=O)CCN2CCN(c3ccccc3F)CC2)cccc1[N+](=O)[O-]. The number of benzene rings is 2. The quantitative estimate of drug-likeness (QED) is 0.609. The fourth-order valence-corrected chi connectivity index (χ4v) is 3.35. The Morgan fingerprint density at radius 3 is 2.54 bits per heavy atom. The first-order valence-corrected chi connectivity index (χ1v) is 9.21. The molecule has 0 aromatic heterocycles. The smallest absolute Gasteiger partial charge is 0.274 e. The zero-order chi connectivity index (χ0) is 20.1. The van der Waals surface area contributed by atoms with E-state index in [1.807, 2.05) is 11.0 Å². The number of nitrogens with one attached hydrogen (secondary N) is 1. The third-order valence-corrected chi connectivity index (χ3v) is 5.00. The average Bonchev–Trinajstić information content (AvgIpc) is 2.69. The summed E-state index contributed by atoms with van der Waals surface area (Å²) in [6.07, 6.45) is 0.293. The monoisotopic (exact) mass is 386 g/mol. The minimum absolute atomic E-state index is 0.0120. The van der Waals surface area contributed by atoms with Crippen molar-refractivity contribution in [2.24, 2.45) is 0 Å². The second kappa shape index (κ2) is 8.79. The standard InChI is InChI=1S/C20H23FN4O3/c1-15-17(6-4-8-18(15)25(27)28)22-20(26)9-10-23-11-13-24(14-12-23)19-7-3-2-5-16(19)21/h2-8H,9-14H2,1H3,(H,22,26). The number of para-hydroxylation sites is 1. The Bertz CT molecular complexity index is 866. The van der Waals surface area contributed by atoms with Gasteiger partial charge in [0, 0.05) is 45.2 Å². The molecule has 28 heavy (non-hydrogen) atoms. The van der Waals surface area contributed by atoms with Crippen LogP contribution in [0.5, 0.6) is 0 Å². The molecule has 0 spiro atoms. The van der Waals surface area contributed by atoms with Gasteiger partial charge >= 0.3 is 0 Å². The number of rotatable bonds is 6. The van der Waals surface area contributed by atoms with Crippen LogP contribution in [0.4, 0.5) is 21.5 Å². The van der Waals surface area contributed by atoms with Crippen molar-refractivity contribution in [2.45, 2.75) is 13.3 Å². The number of carbonyl (C=O) groups is 1. The van der Waals surface area contributed by atoms with Gasteiger partial charge in [-0.3, -0.25) is 19.8 Å². The third kappa shape index (κ3) is 4.64. The highest BCUT2D eigenvalue weighted by atomic mass is 19.1. The predicted molar refractivity (Wildman–Crippen MR) is 106 cm³/mol. The third-order valence-electron chi connectivity index (χ3n) is 5.00. The molecule has 2 aromatic carbocycles. The fourth-order valence-electron chi connectivity index (χ4n) is 3.35. The molecule has 1 saturated heterocycles. The van der Waals surface area contributed by atoms with Crippen molar-refractivity contribution in [3.63, 3.8) is 0 Å². The van der Waals surface area contributed by atoms with E-state index in [-0.39, 0.29) is 17.4 Å². The maximum Gasteiger partial charge on any atom is 0.274 e. The van der Waals surface area contributed by atoms with E-state index in [1.54, 1.807) is 31.2 Å². The molecule has 1 aliphatic heterocycles. The number of hydrogen-bond acceptors (Lipinski definition) is 5. The fraction of sp³-hybridized carbons (Fsp3) is 0.350. The van der Waals surface area contributed by atoms with Gasteiger partial charge in [0.1, 0.15) is 5.82 Å². The molecule has 1 amide bonds. The number of amides is 1. The summed E-state index contributed by atoms with van der Waals surface area (Å²) in [7, 11) is 0. The van der Waals surface area contributed by atoms with E-state index < -0.39 is 4.92 Å². The summed E-state index contributed by atoms with van der Waals surface area (Å²) < 4.78 is 13.9. The maximum absolute atomic E-state index is 13.9. The van der Waals surface area contributed by atoms with Gasteiger partial charge < -0.3 is 10.2 Å². The molecule has 0 unspecified atom stereocenters. The first-order valence-electron chi connectivity index (χ1n) is 9.21. The topological polar surface area (TPSA) is 78.7 Å². The number of hydrogen-bond donors (Lipinski definition) is 1. The predicted octanol–water partition coefficient (Wildman–Crippen LogP) is 3.19. The number of nitrogens with zero attached hydrogens (tertiary/aromatic N) is 3. The second-order valence-electron chi connectivity index (χ2n) is 6.79. The normalized spacial score (nSPS) is 14.7. The molecule has 7 nitrogen and oxygen atoms in total. The average molecular weight is 386 g/mol. The Hall–Kier alpha value is -3.00. The number of halogens is 1. The summed E-state index contributed by atoms with van der Waals surface area (Å²) in [5, 5.41) is 13.8. The van der Waals surface area contributed by atoms with Crippen molar-refractivity contribution >= 4 is 23.0 Å². The van der Waals surface area contributed by atoms with Gasteiger partial charge in [-0.1, -0.05) is 18.2 Å². The largest absolute Gasteiger partial charge is 0.367 e. The van der Waals surface area contributed by atoms with Crippen molar-refractivity contribution in [3.05, 3.63) is 64.0 Å². The summed E-state index contributed by atoms with van der Waals surface area (Å²) in [5.74, 6) is -0.400. The van der Waals surface area contributed by atoms with Gasteiger partial charge in [0.15, 0.2) is 0 Å². The first kappa shape index (κ1) is 19.8. The van der Waals surface area contributed by atoms with Crippen LogP contribution in [-0.4, -0.2) is 48.5 Å². The van der Waals surface area contributed by atoms with E-state index in [9.17, 15) is 19.3 Å². The van der Waals surface area contributed by atoms with Crippen molar-refractivity contribution < 1.29 is 14.1 Å². The molecule has 1 fully saturated rings. The summed E-state index contributed by atoms with van der Waals surface area (Å²) in [5.41, 5.74) is 1.51. The van der Waals surface area contributed by atoms with Crippen LogP contribution in [0.15, 0.2) is 42.5 Å². The molecule has 1 aliphatic rings. The van der Waals surface area contributed by atoms with Crippen LogP contribution in [0, 0.1) is 22.9 Å². The van der Waals surface area contributed by atoms with Gasteiger partial charge in [-0.05, 0) is 25.1 Å². The molecule has 0 saturated carbocycles. The lowest BCUT2D eigenvalue weighted by Crippen LogP contribution is -2.47. The molecular weight excluding hydrogens is 363 g/mol. The zero-order valence-corrected chi connectivity index (χ0v) is 15.7. The summed E-state index contributed by atoms with van der Waals surface area (Å²) in [4.78, 5) is 27.0. The molecule has 1 N–H and O–H groups in total. The van der Waals surface area contributed by atoms with Gasteiger partial charge in [-0.25, -0.2) is 4.39 Å². The molecule has 3 rings (SSSR count). The van der Waals surface area contributed by atoms with E-state index in [0.29, 0.717) is 43.0 Å². The van der Waals surface area contributed by atoms with Gasteiger partial charge in [0.25, 0.3) is 5.69 Å². The lowest BCUT2D eigenvalue weighted by Gasteiger charge is -2.36. The van der Waals surface area contributed by atoms with Crippen LogP contribution in [0.2, 0.25) is 0 Å². The minimum atomic E-state index is -0.458. The van der Waals surface area contributed by atoms with Crippen LogP contribution in [0.25, 0.3) is 0 Å². The van der Waals surface area contributed by atoms with Crippen LogP contribution in [0.3, 0.4) is 0 Å². The molecule has 0 radical (unpaired) electrons. The van der Waals surface area contributed by atoms with E-state index in [0.717, 1.165) is 13.1 Å². The summed E-state index contributed by atoms with van der Waals surface area (Å²) in [6.45, 7) is 5.11. The van der Waals surface area contributed by atoms with Crippen molar-refractivity contribution in [2.75, 3.05) is 42.9 Å². The Morgan fingerprint density at radius 1 is 1.14 bits per heavy atom. The molecule has 148 valence electrons. The minimum Gasteiger partial charge on any atom is -0.367 e. The zero-order valence-electron chi connectivity index (χ0n) is 15.7. The molecule has 2 aromatic rings. The Labute approximate surface area is 162 Å². The lowest BCUT2D eigenvalue weighted by molar-refractivity contribution is -0.385. The number of carbonyl (C=O) groups excluding carboxylic acids is 1. The molecule has 0 aliphatic carbocycles. The van der Waals surface area contributed by atoms with Gasteiger partial charge in [0.05, 0.1) is 21.9 Å². The van der Waals surface area contributed by atoms with E-state index >= 15 is 0 Å². The number of anilines is 2. The van der Waals surface area contributed by atoms with Gasteiger partial charge in [-0.2, -0.15) is 0 Å². The van der Waals surface area contributed by atoms with Crippen molar-refractivity contribution in [1.29, 1.82) is 0 Å². The Morgan fingerprint density at radius 2 is 1.86 bits per heavy atom.